The Morgan fingerprint density at radius 2 is 1.67 bits per heavy atom. The van der Waals surface area contributed by atoms with E-state index in [2.05, 4.69) is 36.1 Å². The summed E-state index contributed by atoms with van der Waals surface area (Å²) in [5, 5.41) is 0. The third-order valence-electron chi connectivity index (χ3n) is 5.97. The molecule has 0 spiro atoms. The van der Waals surface area contributed by atoms with Gasteiger partial charge in [0.25, 0.3) is 5.91 Å². The van der Waals surface area contributed by atoms with Crippen LogP contribution in [0.15, 0.2) is 48.5 Å². The SMILES string of the molecule is COc1ccccc1N1CC[NH+]([C@H](C)C(=O)N2CCc3ccccc32)CC1. The molecule has 5 heteroatoms. The summed E-state index contributed by atoms with van der Waals surface area (Å²) in [6, 6.07) is 16.4. The fraction of sp³-hybridized carbons (Fsp3) is 0.409. The summed E-state index contributed by atoms with van der Waals surface area (Å²) >= 11 is 0. The van der Waals surface area contributed by atoms with Gasteiger partial charge in [-0.25, -0.2) is 0 Å². The van der Waals surface area contributed by atoms with Gasteiger partial charge in [0.1, 0.15) is 5.75 Å². The number of nitrogens with one attached hydrogen (secondary N) is 1. The first-order valence-corrected chi connectivity index (χ1v) is 9.81. The van der Waals surface area contributed by atoms with Crippen LogP contribution >= 0.6 is 0 Å². The highest BCUT2D eigenvalue weighted by Gasteiger charge is 2.35. The van der Waals surface area contributed by atoms with E-state index in [0.717, 1.165) is 56.3 Å². The van der Waals surface area contributed by atoms with Gasteiger partial charge in [-0.1, -0.05) is 30.3 Å². The van der Waals surface area contributed by atoms with Crippen molar-refractivity contribution in [2.75, 3.05) is 49.6 Å². The lowest BCUT2D eigenvalue weighted by molar-refractivity contribution is -0.914. The molecule has 5 nitrogen and oxygen atoms in total. The zero-order valence-corrected chi connectivity index (χ0v) is 16.1. The number of para-hydroxylation sites is 3. The number of hydrogen-bond acceptors (Lipinski definition) is 3. The normalized spacial score (nSPS) is 18.3. The molecule has 1 fully saturated rings. The van der Waals surface area contributed by atoms with Gasteiger partial charge in [0, 0.05) is 12.2 Å². The maximum atomic E-state index is 13.1. The Kier molecular flexibility index (Phi) is 5.03. The molecule has 0 aromatic heterocycles. The number of methoxy groups -OCH3 is 1. The van der Waals surface area contributed by atoms with E-state index >= 15 is 0 Å². The van der Waals surface area contributed by atoms with Crippen molar-refractivity contribution in [2.45, 2.75) is 19.4 Å². The van der Waals surface area contributed by atoms with Crippen LogP contribution in [0.2, 0.25) is 0 Å². The summed E-state index contributed by atoms with van der Waals surface area (Å²) in [7, 11) is 1.72. The Bertz CT molecular complexity index is 815. The van der Waals surface area contributed by atoms with Crippen LogP contribution in [0, 0.1) is 0 Å². The van der Waals surface area contributed by atoms with Gasteiger partial charge in [0.2, 0.25) is 0 Å². The lowest BCUT2D eigenvalue weighted by atomic mass is 10.1. The summed E-state index contributed by atoms with van der Waals surface area (Å²) in [5.41, 5.74) is 3.53. The molecule has 1 N–H and O–H groups in total. The molecule has 0 bridgehead atoms. The van der Waals surface area contributed by atoms with Gasteiger partial charge in [-0.2, -0.15) is 0 Å². The molecular formula is C22H28N3O2+. The van der Waals surface area contributed by atoms with Crippen molar-refractivity contribution in [1.82, 2.24) is 0 Å². The monoisotopic (exact) mass is 366 g/mol. The smallest absolute Gasteiger partial charge is 0.284 e. The van der Waals surface area contributed by atoms with E-state index in [1.165, 1.54) is 10.5 Å². The number of ether oxygens (including phenoxy) is 1. The number of nitrogens with zero attached hydrogens (tertiary/aromatic N) is 2. The summed E-state index contributed by atoms with van der Waals surface area (Å²) in [6.07, 6.45) is 0.964. The molecule has 2 aromatic carbocycles. The van der Waals surface area contributed by atoms with Gasteiger partial charge >= 0.3 is 0 Å². The van der Waals surface area contributed by atoms with Gasteiger partial charge in [-0.05, 0) is 37.1 Å². The number of quaternary nitrogens is 1. The second-order valence-corrected chi connectivity index (χ2v) is 7.41. The van der Waals surface area contributed by atoms with Crippen molar-refractivity contribution in [2.24, 2.45) is 0 Å². The van der Waals surface area contributed by atoms with Crippen molar-refractivity contribution < 1.29 is 14.4 Å². The number of rotatable bonds is 4. The van der Waals surface area contributed by atoms with E-state index in [1.807, 2.05) is 29.2 Å². The predicted octanol–water partition coefficient (Wildman–Crippen LogP) is 1.38. The molecule has 2 aromatic rings. The zero-order chi connectivity index (χ0) is 18.8. The summed E-state index contributed by atoms with van der Waals surface area (Å²) in [5.74, 6) is 1.17. The summed E-state index contributed by atoms with van der Waals surface area (Å²) in [4.78, 5) is 18.9. The standard InChI is InChI=1S/C22H27N3O2/c1-17(22(26)25-12-11-18-7-3-4-8-19(18)25)23-13-15-24(16-14-23)20-9-5-6-10-21(20)27-2/h3-10,17H,11-16H2,1-2H3/p+1/t17-/m1/s1. The Morgan fingerprint density at radius 1 is 1.00 bits per heavy atom. The largest absolute Gasteiger partial charge is 0.495 e. The third-order valence-corrected chi connectivity index (χ3v) is 5.97. The number of fused-ring (bicyclic) bond motifs is 1. The van der Waals surface area contributed by atoms with E-state index < -0.39 is 0 Å². The minimum Gasteiger partial charge on any atom is -0.495 e. The molecule has 0 unspecified atom stereocenters. The van der Waals surface area contributed by atoms with Gasteiger partial charge in [0.15, 0.2) is 6.04 Å². The molecule has 2 heterocycles. The first-order chi connectivity index (χ1) is 13.2. The van der Waals surface area contributed by atoms with E-state index in [4.69, 9.17) is 4.74 Å². The lowest BCUT2D eigenvalue weighted by Gasteiger charge is -2.37. The first kappa shape index (κ1) is 17.9. The number of amides is 1. The van der Waals surface area contributed by atoms with Crippen molar-refractivity contribution in [3.05, 3.63) is 54.1 Å². The molecule has 1 atom stereocenters. The van der Waals surface area contributed by atoms with Crippen molar-refractivity contribution in [3.8, 4) is 5.75 Å². The van der Waals surface area contributed by atoms with Crippen LogP contribution < -0.4 is 19.4 Å². The van der Waals surface area contributed by atoms with Gasteiger partial charge in [-0.3, -0.25) is 4.79 Å². The molecule has 142 valence electrons. The number of carbonyl (C=O) groups excluding carboxylic acids is 1. The van der Waals surface area contributed by atoms with Gasteiger partial charge < -0.3 is 19.4 Å². The van der Waals surface area contributed by atoms with Crippen LogP contribution in [-0.2, 0) is 11.2 Å². The topological polar surface area (TPSA) is 37.2 Å². The fourth-order valence-electron chi connectivity index (χ4n) is 4.33. The Morgan fingerprint density at radius 3 is 2.41 bits per heavy atom. The Labute approximate surface area is 161 Å². The van der Waals surface area contributed by atoms with Crippen LogP contribution in [-0.4, -0.2) is 51.8 Å². The van der Waals surface area contributed by atoms with E-state index in [1.54, 1.807) is 7.11 Å². The number of carbonyl (C=O) groups is 1. The lowest BCUT2D eigenvalue weighted by Crippen LogP contribution is -3.19. The number of benzene rings is 2. The summed E-state index contributed by atoms with van der Waals surface area (Å²) in [6.45, 7) is 6.68. The van der Waals surface area contributed by atoms with Crippen LogP contribution in [0.1, 0.15) is 12.5 Å². The van der Waals surface area contributed by atoms with E-state index in [0.29, 0.717) is 0 Å². The highest BCUT2D eigenvalue weighted by molar-refractivity contribution is 5.97. The molecule has 1 amide bonds. The van der Waals surface area contributed by atoms with E-state index in [9.17, 15) is 4.79 Å². The van der Waals surface area contributed by atoms with E-state index in [-0.39, 0.29) is 11.9 Å². The number of piperazine rings is 1. The molecule has 0 radical (unpaired) electrons. The fourth-order valence-corrected chi connectivity index (χ4v) is 4.33. The molecule has 0 aliphatic carbocycles. The summed E-state index contributed by atoms with van der Waals surface area (Å²) < 4.78 is 5.50. The minimum atomic E-state index is -0.0176. The quantitative estimate of drug-likeness (QED) is 0.888. The molecular weight excluding hydrogens is 338 g/mol. The maximum absolute atomic E-state index is 13.1. The predicted molar refractivity (Wildman–Crippen MR) is 108 cm³/mol. The first-order valence-electron chi connectivity index (χ1n) is 9.81. The Hall–Kier alpha value is -2.53. The van der Waals surface area contributed by atoms with Crippen LogP contribution in [0.25, 0.3) is 0 Å². The van der Waals surface area contributed by atoms with Gasteiger partial charge in [-0.15, -0.1) is 0 Å². The second-order valence-electron chi connectivity index (χ2n) is 7.41. The average molecular weight is 366 g/mol. The van der Waals surface area contributed by atoms with Gasteiger partial charge in [0.05, 0.1) is 39.0 Å². The van der Waals surface area contributed by atoms with Crippen LogP contribution in [0.3, 0.4) is 0 Å². The molecule has 4 rings (SSSR count). The second kappa shape index (κ2) is 7.61. The maximum Gasteiger partial charge on any atom is 0.284 e. The molecule has 1 saturated heterocycles. The molecule has 2 aliphatic rings. The molecule has 2 aliphatic heterocycles. The molecule has 0 saturated carbocycles. The van der Waals surface area contributed by atoms with Crippen molar-refractivity contribution in [1.29, 1.82) is 0 Å². The Balaban J connectivity index is 1.40. The van der Waals surface area contributed by atoms with Crippen molar-refractivity contribution in [3.63, 3.8) is 0 Å². The zero-order valence-electron chi connectivity index (χ0n) is 16.1. The van der Waals surface area contributed by atoms with Crippen LogP contribution in [0.5, 0.6) is 5.75 Å². The molecule has 27 heavy (non-hydrogen) atoms. The minimum absolute atomic E-state index is 0.0176. The number of anilines is 2. The third kappa shape index (κ3) is 3.39. The number of hydrogen-bond donors (Lipinski definition) is 1. The van der Waals surface area contributed by atoms with Crippen LogP contribution in [0.4, 0.5) is 11.4 Å². The highest BCUT2D eigenvalue weighted by Crippen LogP contribution is 2.28. The van der Waals surface area contributed by atoms with Crippen molar-refractivity contribution >= 4 is 17.3 Å². The average Bonchev–Trinajstić information content (AvgIpc) is 3.17. The highest BCUT2D eigenvalue weighted by atomic mass is 16.5.